The first-order valence-electron chi connectivity index (χ1n) is 11.2. The number of piperazine rings is 1. The Labute approximate surface area is 184 Å². The van der Waals surface area contributed by atoms with Gasteiger partial charge in [-0.15, -0.1) is 0 Å². The lowest BCUT2D eigenvalue weighted by Crippen LogP contribution is -2.51. The average molecular weight is 431 g/mol. The zero-order chi connectivity index (χ0) is 22.1. The predicted octanol–water partition coefficient (Wildman–Crippen LogP) is 2.85. The van der Waals surface area contributed by atoms with Crippen molar-refractivity contribution >= 4 is 17.7 Å². The molecule has 8 heteroatoms. The van der Waals surface area contributed by atoms with Gasteiger partial charge in [0.1, 0.15) is 11.6 Å². The monoisotopic (exact) mass is 430 g/mol. The number of carbonyl (C=O) groups excluding carboxylic acids is 2. The zero-order valence-electron chi connectivity index (χ0n) is 18.6. The highest BCUT2D eigenvalue weighted by atomic mass is 16.5. The van der Waals surface area contributed by atoms with Gasteiger partial charge in [0.25, 0.3) is 0 Å². The van der Waals surface area contributed by atoms with Crippen molar-refractivity contribution in [1.82, 2.24) is 15.5 Å². The van der Waals surface area contributed by atoms with Crippen LogP contribution in [0, 0.1) is 0 Å². The smallest absolute Gasteiger partial charge is 0.334 e. The Morgan fingerprint density at radius 2 is 1.74 bits per heavy atom. The normalized spacial score (nSPS) is 17.8. The lowest BCUT2D eigenvalue weighted by Gasteiger charge is -2.38. The molecule has 1 aromatic carbocycles. The van der Waals surface area contributed by atoms with Crippen LogP contribution in [-0.4, -0.2) is 62.8 Å². The number of ether oxygens (including phenoxy) is 2. The molecular formula is C23H34N4O4. The highest BCUT2D eigenvalue weighted by Gasteiger charge is 2.23. The van der Waals surface area contributed by atoms with Gasteiger partial charge in [0, 0.05) is 37.9 Å². The molecule has 2 N–H and O–H groups in total. The SMILES string of the molecule is CCOC(=O)/C=C(/NC(=O)NC1CCCCC1)N1CCN(c2ccc(OC)cc2)CC1. The number of esters is 1. The maximum absolute atomic E-state index is 12.6. The van der Waals surface area contributed by atoms with E-state index in [1.165, 1.54) is 12.5 Å². The van der Waals surface area contributed by atoms with E-state index in [9.17, 15) is 9.59 Å². The lowest BCUT2D eigenvalue weighted by molar-refractivity contribution is -0.137. The van der Waals surface area contributed by atoms with Crippen LogP contribution in [0.5, 0.6) is 5.75 Å². The van der Waals surface area contributed by atoms with Crippen LogP contribution in [0.15, 0.2) is 36.2 Å². The van der Waals surface area contributed by atoms with Gasteiger partial charge in [-0.3, -0.25) is 5.32 Å². The minimum Gasteiger partial charge on any atom is -0.497 e. The number of methoxy groups -OCH3 is 1. The number of carbonyl (C=O) groups is 2. The summed E-state index contributed by atoms with van der Waals surface area (Å²) >= 11 is 0. The first-order valence-corrected chi connectivity index (χ1v) is 11.2. The minimum absolute atomic E-state index is 0.199. The van der Waals surface area contributed by atoms with Gasteiger partial charge in [0.2, 0.25) is 0 Å². The molecular weight excluding hydrogens is 396 g/mol. The third-order valence-corrected chi connectivity index (χ3v) is 5.78. The third kappa shape index (κ3) is 6.80. The molecule has 1 saturated carbocycles. The summed E-state index contributed by atoms with van der Waals surface area (Å²) in [6, 6.07) is 7.92. The Bertz CT molecular complexity index is 751. The maximum atomic E-state index is 12.6. The van der Waals surface area contributed by atoms with Crippen LogP contribution in [0.25, 0.3) is 0 Å². The molecule has 1 heterocycles. The first-order chi connectivity index (χ1) is 15.1. The molecule has 1 saturated heterocycles. The van der Waals surface area contributed by atoms with Crippen molar-refractivity contribution in [2.24, 2.45) is 0 Å². The zero-order valence-corrected chi connectivity index (χ0v) is 18.6. The Morgan fingerprint density at radius 1 is 1.06 bits per heavy atom. The van der Waals surface area contributed by atoms with Gasteiger partial charge in [-0.1, -0.05) is 19.3 Å². The fourth-order valence-corrected chi connectivity index (χ4v) is 4.09. The number of nitrogens with zero attached hydrogens (tertiary/aromatic N) is 2. The molecule has 8 nitrogen and oxygen atoms in total. The summed E-state index contributed by atoms with van der Waals surface area (Å²) in [6.07, 6.45) is 6.91. The van der Waals surface area contributed by atoms with Crippen LogP contribution in [-0.2, 0) is 9.53 Å². The molecule has 0 atom stereocenters. The van der Waals surface area contributed by atoms with E-state index >= 15 is 0 Å². The molecule has 1 aliphatic heterocycles. The number of nitrogens with one attached hydrogen (secondary N) is 2. The van der Waals surface area contributed by atoms with Gasteiger partial charge < -0.3 is 24.6 Å². The second-order valence-corrected chi connectivity index (χ2v) is 7.89. The molecule has 1 aromatic rings. The number of hydrogen-bond donors (Lipinski definition) is 2. The third-order valence-electron chi connectivity index (χ3n) is 5.78. The molecule has 2 fully saturated rings. The minimum atomic E-state index is -0.451. The van der Waals surface area contributed by atoms with E-state index in [1.54, 1.807) is 14.0 Å². The number of rotatable bonds is 7. The van der Waals surface area contributed by atoms with Gasteiger partial charge in [-0.25, -0.2) is 9.59 Å². The Kier molecular flexibility index (Phi) is 8.44. The summed E-state index contributed by atoms with van der Waals surface area (Å²) in [6.45, 7) is 4.98. The molecule has 0 unspecified atom stereocenters. The summed E-state index contributed by atoms with van der Waals surface area (Å²) in [5.41, 5.74) is 1.12. The van der Waals surface area contributed by atoms with Crippen molar-refractivity contribution in [3.63, 3.8) is 0 Å². The van der Waals surface area contributed by atoms with Crippen LogP contribution < -0.4 is 20.3 Å². The summed E-state index contributed by atoms with van der Waals surface area (Å²) in [5.74, 6) is 0.865. The van der Waals surface area contributed by atoms with E-state index in [4.69, 9.17) is 9.47 Å². The predicted molar refractivity (Wildman–Crippen MR) is 120 cm³/mol. The molecule has 0 aromatic heterocycles. The maximum Gasteiger partial charge on any atom is 0.334 e. The molecule has 0 bridgehead atoms. The molecule has 3 rings (SSSR count). The summed E-state index contributed by atoms with van der Waals surface area (Å²) in [7, 11) is 1.66. The molecule has 170 valence electrons. The van der Waals surface area contributed by atoms with Crippen LogP contribution >= 0.6 is 0 Å². The summed E-state index contributed by atoms with van der Waals surface area (Å²) in [4.78, 5) is 29.0. The quantitative estimate of drug-likeness (QED) is 0.511. The highest BCUT2D eigenvalue weighted by molar-refractivity contribution is 5.84. The standard InChI is InChI=1S/C23H34N4O4/c1-3-31-22(28)17-21(25-23(29)24-18-7-5-4-6-8-18)27-15-13-26(14-16-27)19-9-11-20(30-2)12-10-19/h9-12,17-18H,3-8,13-16H2,1-2H3,(H2,24,25,29)/b21-17-. The van der Waals surface area contributed by atoms with Crippen molar-refractivity contribution in [2.45, 2.75) is 45.1 Å². The molecule has 1 aliphatic carbocycles. The van der Waals surface area contributed by atoms with Gasteiger partial charge >= 0.3 is 12.0 Å². The largest absolute Gasteiger partial charge is 0.497 e. The van der Waals surface area contributed by atoms with E-state index in [0.717, 1.165) is 50.2 Å². The average Bonchev–Trinajstić information content (AvgIpc) is 2.79. The fourth-order valence-electron chi connectivity index (χ4n) is 4.09. The van der Waals surface area contributed by atoms with Gasteiger partial charge in [-0.2, -0.15) is 0 Å². The number of anilines is 1. The molecule has 2 amide bonds. The van der Waals surface area contributed by atoms with Crippen molar-refractivity contribution in [1.29, 1.82) is 0 Å². The number of urea groups is 1. The van der Waals surface area contributed by atoms with E-state index in [0.29, 0.717) is 25.5 Å². The Balaban J connectivity index is 1.61. The van der Waals surface area contributed by atoms with Crippen LogP contribution in [0.4, 0.5) is 10.5 Å². The van der Waals surface area contributed by atoms with E-state index in [-0.39, 0.29) is 12.1 Å². The van der Waals surface area contributed by atoms with Crippen LogP contribution in [0.3, 0.4) is 0 Å². The summed E-state index contributed by atoms with van der Waals surface area (Å²) < 4.78 is 10.3. The number of benzene rings is 1. The number of amides is 2. The van der Waals surface area contributed by atoms with Crippen molar-refractivity contribution in [3.05, 3.63) is 36.2 Å². The number of hydrogen-bond acceptors (Lipinski definition) is 6. The van der Waals surface area contributed by atoms with Crippen molar-refractivity contribution in [3.8, 4) is 5.75 Å². The first kappa shape index (κ1) is 22.8. The molecule has 31 heavy (non-hydrogen) atoms. The van der Waals surface area contributed by atoms with Crippen molar-refractivity contribution in [2.75, 3.05) is 44.8 Å². The summed E-state index contributed by atoms with van der Waals surface area (Å²) in [5, 5.41) is 5.94. The Morgan fingerprint density at radius 3 is 2.35 bits per heavy atom. The van der Waals surface area contributed by atoms with Crippen LogP contribution in [0.1, 0.15) is 39.0 Å². The second-order valence-electron chi connectivity index (χ2n) is 7.89. The van der Waals surface area contributed by atoms with E-state index < -0.39 is 5.97 Å². The topological polar surface area (TPSA) is 83.1 Å². The highest BCUT2D eigenvalue weighted by Crippen LogP contribution is 2.21. The van der Waals surface area contributed by atoms with Gasteiger partial charge in [0.15, 0.2) is 0 Å². The van der Waals surface area contributed by atoms with Crippen molar-refractivity contribution < 1.29 is 19.1 Å². The molecule has 2 aliphatic rings. The second kappa shape index (κ2) is 11.5. The van der Waals surface area contributed by atoms with E-state index in [2.05, 4.69) is 15.5 Å². The molecule has 0 radical (unpaired) electrons. The van der Waals surface area contributed by atoms with Crippen LogP contribution in [0.2, 0.25) is 0 Å². The molecule has 0 spiro atoms. The lowest BCUT2D eigenvalue weighted by atomic mass is 9.96. The Hall–Kier alpha value is -2.90. The van der Waals surface area contributed by atoms with Gasteiger partial charge in [0.05, 0.1) is 19.8 Å². The fraction of sp³-hybridized carbons (Fsp3) is 0.565. The van der Waals surface area contributed by atoms with Gasteiger partial charge in [-0.05, 0) is 44.0 Å². The van der Waals surface area contributed by atoms with E-state index in [1.807, 2.05) is 29.2 Å².